The summed E-state index contributed by atoms with van der Waals surface area (Å²) >= 11 is 0. The van der Waals surface area contributed by atoms with E-state index >= 15 is 0 Å². The molecule has 40 heavy (non-hydrogen) atoms. The van der Waals surface area contributed by atoms with Gasteiger partial charge in [0.15, 0.2) is 5.43 Å². The number of benzene rings is 2. The van der Waals surface area contributed by atoms with Crippen molar-refractivity contribution in [2.45, 2.75) is 90.1 Å². The van der Waals surface area contributed by atoms with Gasteiger partial charge in [0.25, 0.3) is 0 Å². The fourth-order valence-electron chi connectivity index (χ4n) is 4.56. The zero-order valence-corrected chi connectivity index (χ0v) is 22.1. The third-order valence-electron chi connectivity index (χ3n) is 6.72. The van der Waals surface area contributed by atoms with E-state index in [-0.39, 0.29) is 82.6 Å². The van der Waals surface area contributed by atoms with Gasteiger partial charge in [0.05, 0.1) is 5.39 Å². The summed E-state index contributed by atoms with van der Waals surface area (Å²) in [5, 5.41) is 18.5. The van der Waals surface area contributed by atoms with Crippen LogP contribution in [0.1, 0.15) is 105 Å². The molecule has 0 fully saturated rings. The van der Waals surface area contributed by atoms with Gasteiger partial charge < -0.3 is 19.4 Å². The molecule has 2 aromatic carbocycles. The van der Waals surface area contributed by atoms with Crippen LogP contribution in [0.5, 0.6) is 5.75 Å². The maximum absolute atomic E-state index is 12.3. The molecule has 0 aliphatic carbocycles. The Labute approximate surface area is 280 Å². The Hall–Kier alpha value is -1.61. The second-order valence-corrected chi connectivity index (χ2v) is 9.80. The molecule has 0 spiro atoms. The van der Waals surface area contributed by atoms with Crippen LogP contribution in [0.25, 0.3) is 11.0 Å². The molecule has 208 valence electrons. The number of hydrogen-bond donors (Lipinski definition) is 2. The Morgan fingerprint density at radius 3 is 2.17 bits per heavy atom. The van der Waals surface area contributed by atoms with Gasteiger partial charge in [-0.3, -0.25) is 9.59 Å². The topological polar surface area (TPSA) is 114 Å². The average Bonchev–Trinajstić information content (AvgIpc) is 2.90. The summed E-state index contributed by atoms with van der Waals surface area (Å²) in [6.07, 6.45) is 11.5. The SMILES string of the molecule is CCCCCCCCCc1ccc(C(CCCCC(=O)O)Oc2ccc3c(=O)cc(C(=O)O)oc3c2)cc1.[NaH].[NaH]. The molecule has 0 saturated heterocycles. The van der Waals surface area contributed by atoms with Crippen LogP contribution in [0.15, 0.2) is 57.7 Å². The Bertz CT molecular complexity index is 1250. The number of carboxylic acid groups (broad SMARTS) is 2. The maximum atomic E-state index is 12.3. The van der Waals surface area contributed by atoms with Crippen LogP contribution >= 0.6 is 0 Å². The van der Waals surface area contributed by atoms with Gasteiger partial charge in [-0.25, -0.2) is 4.79 Å². The second kappa shape index (κ2) is 19.5. The summed E-state index contributed by atoms with van der Waals surface area (Å²) in [4.78, 5) is 34.5. The zero-order chi connectivity index (χ0) is 27.3. The van der Waals surface area contributed by atoms with Crippen molar-refractivity contribution >= 4 is 82.0 Å². The van der Waals surface area contributed by atoms with E-state index in [2.05, 4.69) is 31.2 Å². The van der Waals surface area contributed by atoms with E-state index < -0.39 is 23.1 Å². The van der Waals surface area contributed by atoms with Crippen molar-refractivity contribution in [2.75, 3.05) is 0 Å². The molecule has 1 unspecified atom stereocenters. The van der Waals surface area contributed by atoms with Crippen LogP contribution in [0, 0.1) is 0 Å². The minimum atomic E-state index is -1.32. The number of fused-ring (bicyclic) bond motifs is 1. The summed E-state index contributed by atoms with van der Waals surface area (Å²) in [6.45, 7) is 2.23. The molecule has 7 nitrogen and oxygen atoms in total. The first-order chi connectivity index (χ1) is 18.4. The normalized spacial score (nSPS) is 11.3. The van der Waals surface area contributed by atoms with E-state index in [1.165, 1.54) is 56.6 Å². The van der Waals surface area contributed by atoms with Gasteiger partial charge in [0.1, 0.15) is 17.4 Å². The minimum absolute atomic E-state index is 0. The molecule has 0 bridgehead atoms. The summed E-state index contributed by atoms with van der Waals surface area (Å²) in [6, 6.07) is 14.1. The number of unbranched alkanes of at least 4 members (excludes halogenated alkanes) is 7. The van der Waals surface area contributed by atoms with Gasteiger partial charge in [-0.1, -0.05) is 69.7 Å². The summed E-state index contributed by atoms with van der Waals surface area (Å²) in [7, 11) is 0. The van der Waals surface area contributed by atoms with E-state index in [1.54, 1.807) is 12.1 Å². The van der Waals surface area contributed by atoms with Crippen LogP contribution in [0.3, 0.4) is 0 Å². The number of aromatic carboxylic acids is 1. The first kappa shape index (κ1) is 36.4. The van der Waals surface area contributed by atoms with Crippen LogP contribution in [-0.4, -0.2) is 81.3 Å². The average molecular weight is 571 g/mol. The fraction of sp³-hybridized carbons (Fsp3) is 0.452. The summed E-state index contributed by atoms with van der Waals surface area (Å²) in [5.41, 5.74) is 1.96. The first-order valence-corrected chi connectivity index (χ1v) is 13.7. The molecule has 3 rings (SSSR count). The Morgan fingerprint density at radius 2 is 1.52 bits per heavy atom. The molecule has 0 amide bonds. The Morgan fingerprint density at radius 1 is 0.850 bits per heavy atom. The van der Waals surface area contributed by atoms with Gasteiger partial charge in [0.2, 0.25) is 5.76 Å². The van der Waals surface area contributed by atoms with Crippen molar-refractivity contribution < 1.29 is 29.0 Å². The van der Waals surface area contributed by atoms with Gasteiger partial charge in [-0.05, 0) is 55.4 Å². The van der Waals surface area contributed by atoms with Gasteiger partial charge in [-0.2, -0.15) is 0 Å². The van der Waals surface area contributed by atoms with Crippen LogP contribution in [0.2, 0.25) is 0 Å². The van der Waals surface area contributed by atoms with E-state index in [0.717, 1.165) is 18.1 Å². The molecule has 0 aliphatic rings. The van der Waals surface area contributed by atoms with Gasteiger partial charge in [-0.15, -0.1) is 0 Å². The number of carboxylic acids is 2. The van der Waals surface area contributed by atoms with Crippen molar-refractivity contribution in [1.29, 1.82) is 0 Å². The van der Waals surface area contributed by atoms with Crippen molar-refractivity contribution in [1.82, 2.24) is 0 Å². The zero-order valence-electron chi connectivity index (χ0n) is 22.1. The molecular formula is C31H40Na2O7. The molecule has 1 heterocycles. The molecular weight excluding hydrogens is 530 g/mol. The van der Waals surface area contributed by atoms with E-state index in [9.17, 15) is 19.5 Å². The molecule has 0 saturated carbocycles. The van der Waals surface area contributed by atoms with Crippen LogP contribution in [0.4, 0.5) is 0 Å². The quantitative estimate of drug-likeness (QED) is 0.146. The third-order valence-corrected chi connectivity index (χ3v) is 6.72. The van der Waals surface area contributed by atoms with Crippen molar-refractivity contribution in [2.24, 2.45) is 0 Å². The van der Waals surface area contributed by atoms with Crippen molar-refractivity contribution in [3.8, 4) is 5.75 Å². The monoisotopic (exact) mass is 570 g/mol. The molecule has 2 N–H and O–H groups in total. The van der Waals surface area contributed by atoms with Crippen LogP contribution in [-0.2, 0) is 11.2 Å². The molecule has 3 aromatic rings. The fourth-order valence-corrected chi connectivity index (χ4v) is 4.56. The van der Waals surface area contributed by atoms with Crippen molar-refractivity contribution in [3.05, 3.63) is 75.6 Å². The third kappa shape index (κ3) is 12.1. The van der Waals surface area contributed by atoms with Gasteiger partial charge in [0, 0.05) is 18.6 Å². The number of aliphatic carboxylic acids is 1. The number of rotatable bonds is 17. The van der Waals surface area contributed by atoms with Gasteiger partial charge >= 0.3 is 71.1 Å². The summed E-state index contributed by atoms with van der Waals surface area (Å²) < 4.78 is 11.7. The summed E-state index contributed by atoms with van der Waals surface area (Å²) in [5.74, 6) is -2.13. The van der Waals surface area contributed by atoms with Crippen LogP contribution < -0.4 is 10.2 Å². The first-order valence-electron chi connectivity index (χ1n) is 13.7. The van der Waals surface area contributed by atoms with E-state index in [4.69, 9.17) is 14.3 Å². The van der Waals surface area contributed by atoms with E-state index in [0.29, 0.717) is 25.0 Å². The molecule has 0 aliphatic heterocycles. The molecule has 1 aromatic heterocycles. The predicted octanol–water partition coefficient (Wildman–Crippen LogP) is 6.25. The number of hydrogen-bond acceptors (Lipinski definition) is 5. The predicted molar refractivity (Wildman–Crippen MR) is 161 cm³/mol. The Balaban J connectivity index is 0.00000400. The van der Waals surface area contributed by atoms with Crippen molar-refractivity contribution in [3.63, 3.8) is 0 Å². The molecule has 0 radical (unpaired) electrons. The second-order valence-electron chi connectivity index (χ2n) is 9.80. The Kier molecular flexibility index (Phi) is 17.8. The number of ether oxygens (including phenoxy) is 1. The number of carbonyl (C=O) groups is 2. The molecule has 1 atom stereocenters. The van der Waals surface area contributed by atoms with E-state index in [1.807, 2.05) is 0 Å². The molecule has 9 heteroatoms. The standard InChI is InChI=1S/C31H38O7.2Na.2H/c1-2-3-4-5-6-7-8-11-22-14-16-23(17-15-22)27(12-9-10-13-30(33)34)37-24-18-19-25-26(32)21-29(31(35)36)38-28(25)20-24;;;;/h14-21,27H,2-13H2,1H3,(H,33,34)(H,35,36);;;;. The number of aryl methyl sites for hydroxylation is 1.